The third-order valence-corrected chi connectivity index (χ3v) is 4.01. The van der Waals surface area contributed by atoms with E-state index >= 15 is 0 Å². The standard InChI is InChI=1S/C17H24ClN2O4/c1-12-10-15(23-16(21)19-8-6-5-7-9-19)14(11-13(12)18)20(22)24-17(2,3)4/h10-11H,5-9H2,1-4H3/q+1. The summed E-state index contributed by atoms with van der Waals surface area (Å²) in [6, 6.07) is 3.03. The molecule has 0 radical (unpaired) electrons. The van der Waals surface area contributed by atoms with E-state index in [2.05, 4.69) is 0 Å². The van der Waals surface area contributed by atoms with Gasteiger partial charge in [-0.25, -0.2) is 9.63 Å². The third-order valence-electron chi connectivity index (χ3n) is 3.61. The minimum Gasteiger partial charge on any atom is -0.403 e. The van der Waals surface area contributed by atoms with Gasteiger partial charge < -0.3 is 9.64 Å². The summed E-state index contributed by atoms with van der Waals surface area (Å²) in [6.45, 7) is 8.39. The van der Waals surface area contributed by atoms with Crippen LogP contribution in [0.4, 0.5) is 10.5 Å². The molecular weight excluding hydrogens is 332 g/mol. The number of likely N-dealkylation sites (tertiary alicyclic amines) is 1. The fraction of sp³-hybridized carbons (Fsp3) is 0.588. The van der Waals surface area contributed by atoms with Crippen LogP contribution < -0.4 is 4.74 Å². The Morgan fingerprint density at radius 3 is 2.42 bits per heavy atom. The normalized spacial score (nSPS) is 15.1. The summed E-state index contributed by atoms with van der Waals surface area (Å²) >= 11 is 6.11. The Morgan fingerprint density at radius 2 is 1.83 bits per heavy atom. The smallest absolute Gasteiger partial charge is 0.403 e. The zero-order chi connectivity index (χ0) is 17.9. The highest BCUT2D eigenvalue weighted by atomic mass is 35.5. The summed E-state index contributed by atoms with van der Waals surface area (Å²) < 4.78 is 5.46. The lowest BCUT2D eigenvalue weighted by Crippen LogP contribution is -2.37. The van der Waals surface area contributed by atoms with E-state index in [1.807, 2.05) is 0 Å². The Kier molecular flexibility index (Phi) is 5.70. The zero-order valence-corrected chi connectivity index (χ0v) is 15.4. The van der Waals surface area contributed by atoms with Crippen LogP contribution in [0.1, 0.15) is 45.6 Å². The first-order valence-corrected chi connectivity index (χ1v) is 8.48. The average molecular weight is 356 g/mol. The number of carbonyl (C=O) groups is 1. The second-order valence-electron chi connectivity index (χ2n) is 6.95. The molecule has 2 rings (SSSR count). The molecule has 1 fully saturated rings. The molecule has 1 saturated heterocycles. The first-order valence-electron chi connectivity index (χ1n) is 8.10. The summed E-state index contributed by atoms with van der Waals surface area (Å²) in [5.74, 6) is 0.145. The molecule has 0 N–H and O–H groups in total. The third kappa shape index (κ3) is 4.84. The monoisotopic (exact) mass is 355 g/mol. The van der Waals surface area contributed by atoms with Crippen molar-refractivity contribution < 1.29 is 19.3 Å². The average Bonchev–Trinajstić information content (AvgIpc) is 2.49. The van der Waals surface area contributed by atoms with Gasteiger partial charge in [-0.05, 0) is 58.6 Å². The second-order valence-corrected chi connectivity index (χ2v) is 7.35. The number of piperidine rings is 1. The lowest BCUT2D eigenvalue weighted by Gasteiger charge is -2.25. The van der Waals surface area contributed by atoms with E-state index in [1.165, 1.54) is 6.07 Å². The van der Waals surface area contributed by atoms with Crippen molar-refractivity contribution >= 4 is 23.4 Å². The number of ether oxygens (including phenoxy) is 1. The van der Waals surface area contributed by atoms with Crippen molar-refractivity contribution in [2.45, 2.75) is 52.6 Å². The number of rotatable bonds is 3. The Hall–Kier alpha value is -1.82. The van der Waals surface area contributed by atoms with Crippen LogP contribution in [0, 0.1) is 11.8 Å². The minimum absolute atomic E-state index is 0.0749. The molecule has 0 saturated carbocycles. The molecule has 1 heterocycles. The molecule has 1 amide bonds. The van der Waals surface area contributed by atoms with Gasteiger partial charge in [0.15, 0.2) is 5.60 Å². The summed E-state index contributed by atoms with van der Waals surface area (Å²) in [5, 5.41) is 0.404. The Bertz CT molecular complexity index is 634. The van der Waals surface area contributed by atoms with E-state index in [4.69, 9.17) is 21.2 Å². The van der Waals surface area contributed by atoms with Gasteiger partial charge in [-0.1, -0.05) is 11.6 Å². The van der Waals surface area contributed by atoms with Crippen molar-refractivity contribution in [2.24, 2.45) is 0 Å². The zero-order valence-electron chi connectivity index (χ0n) is 14.6. The van der Waals surface area contributed by atoms with Gasteiger partial charge in [-0.2, -0.15) is 0 Å². The quantitative estimate of drug-likeness (QED) is 0.732. The van der Waals surface area contributed by atoms with E-state index in [0.717, 1.165) is 19.3 Å². The number of aryl methyl sites for hydroxylation is 1. The lowest BCUT2D eigenvalue weighted by atomic mass is 10.1. The molecule has 0 unspecified atom stereocenters. The number of nitrogens with zero attached hydrogens (tertiary/aromatic N) is 2. The number of amides is 1. The molecule has 1 aromatic rings. The summed E-state index contributed by atoms with van der Waals surface area (Å²) in [5.41, 5.74) is 0.102. The van der Waals surface area contributed by atoms with Crippen molar-refractivity contribution in [1.29, 1.82) is 0 Å². The van der Waals surface area contributed by atoms with E-state index in [1.54, 1.807) is 38.7 Å². The molecule has 0 aromatic heterocycles. The van der Waals surface area contributed by atoms with Crippen LogP contribution in [-0.2, 0) is 4.84 Å². The molecule has 1 aliphatic rings. The number of carbonyl (C=O) groups excluding carboxylic acids is 1. The van der Waals surface area contributed by atoms with Gasteiger partial charge in [0.1, 0.15) is 0 Å². The van der Waals surface area contributed by atoms with Crippen molar-refractivity contribution in [1.82, 2.24) is 4.90 Å². The molecule has 1 aromatic carbocycles. The molecule has 0 spiro atoms. The molecule has 0 atom stereocenters. The summed E-state index contributed by atoms with van der Waals surface area (Å²) in [7, 11) is 0. The maximum absolute atomic E-state index is 12.3. The van der Waals surface area contributed by atoms with Gasteiger partial charge in [0, 0.05) is 19.2 Å². The van der Waals surface area contributed by atoms with Gasteiger partial charge >= 0.3 is 11.8 Å². The Labute approximate surface area is 147 Å². The van der Waals surface area contributed by atoms with Crippen molar-refractivity contribution in [3.8, 4) is 5.75 Å². The predicted octanol–water partition coefficient (Wildman–Crippen LogP) is 4.77. The predicted molar refractivity (Wildman–Crippen MR) is 91.8 cm³/mol. The minimum atomic E-state index is -0.687. The number of halogens is 1. The van der Waals surface area contributed by atoms with Crippen molar-refractivity contribution in [3.05, 3.63) is 27.6 Å². The van der Waals surface area contributed by atoms with Crippen LogP contribution in [0.3, 0.4) is 0 Å². The number of hydrogen-bond acceptors (Lipinski definition) is 4. The molecule has 0 bridgehead atoms. The molecule has 1 aliphatic heterocycles. The van der Waals surface area contributed by atoms with Gasteiger partial charge in [-0.3, -0.25) is 0 Å². The van der Waals surface area contributed by atoms with Gasteiger partial charge in [0.2, 0.25) is 5.75 Å². The lowest BCUT2D eigenvalue weighted by molar-refractivity contribution is -0.766. The van der Waals surface area contributed by atoms with E-state index in [9.17, 15) is 9.70 Å². The Morgan fingerprint density at radius 1 is 1.21 bits per heavy atom. The highest BCUT2D eigenvalue weighted by Gasteiger charge is 2.32. The maximum atomic E-state index is 12.3. The summed E-state index contributed by atoms with van der Waals surface area (Å²) in [4.78, 5) is 32.0. The van der Waals surface area contributed by atoms with Crippen LogP contribution in [0.15, 0.2) is 12.1 Å². The first-order chi connectivity index (χ1) is 11.2. The van der Waals surface area contributed by atoms with Crippen molar-refractivity contribution in [2.75, 3.05) is 13.1 Å². The fourth-order valence-corrected chi connectivity index (χ4v) is 2.56. The molecule has 132 valence electrons. The first kappa shape index (κ1) is 18.5. The van der Waals surface area contributed by atoms with Crippen LogP contribution in [0.25, 0.3) is 0 Å². The topological polar surface area (TPSA) is 58.8 Å². The molecular formula is C17H24ClN2O4+. The Balaban J connectivity index is 2.25. The van der Waals surface area contributed by atoms with Gasteiger partial charge in [0.05, 0.1) is 9.93 Å². The van der Waals surface area contributed by atoms with Crippen molar-refractivity contribution in [3.63, 3.8) is 0 Å². The molecule has 6 nitrogen and oxygen atoms in total. The second kappa shape index (κ2) is 7.38. The maximum Gasteiger partial charge on any atom is 0.415 e. The van der Waals surface area contributed by atoms with E-state index in [-0.39, 0.29) is 11.4 Å². The number of hydrogen-bond donors (Lipinski definition) is 0. The van der Waals surface area contributed by atoms with Gasteiger partial charge in [0.25, 0.3) is 4.92 Å². The van der Waals surface area contributed by atoms with E-state index in [0.29, 0.717) is 28.6 Å². The van der Waals surface area contributed by atoms with Crippen LogP contribution in [-0.4, -0.2) is 34.6 Å². The highest BCUT2D eigenvalue weighted by Crippen LogP contribution is 2.34. The number of benzene rings is 1. The molecule has 24 heavy (non-hydrogen) atoms. The largest absolute Gasteiger partial charge is 0.415 e. The van der Waals surface area contributed by atoms with Crippen LogP contribution >= 0.6 is 11.6 Å². The fourth-order valence-electron chi connectivity index (χ4n) is 2.40. The highest BCUT2D eigenvalue weighted by molar-refractivity contribution is 6.31. The van der Waals surface area contributed by atoms with Gasteiger partial charge in [-0.15, -0.1) is 0 Å². The summed E-state index contributed by atoms with van der Waals surface area (Å²) in [6.07, 6.45) is 2.58. The van der Waals surface area contributed by atoms with E-state index < -0.39 is 11.7 Å². The molecule has 0 aliphatic carbocycles. The van der Waals surface area contributed by atoms with Crippen LogP contribution in [0.2, 0.25) is 5.02 Å². The van der Waals surface area contributed by atoms with Crippen LogP contribution in [0.5, 0.6) is 5.75 Å². The molecule has 7 heteroatoms. The SMILES string of the molecule is Cc1cc(OC(=O)N2CCCCC2)c([N+](=O)OC(C)(C)C)cc1Cl.